The summed E-state index contributed by atoms with van der Waals surface area (Å²) in [5.74, 6) is 2.70. The summed E-state index contributed by atoms with van der Waals surface area (Å²) in [5.41, 5.74) is 5.82. The van der Waals surface area contributed by atoms with E-state index < -0.39 is 0 Å². The van der Waals surface area contributed by atoms with E-state index >= 15 is 0 Å². The van der Waals surface area contributed by atoms with E-state index in [2.05, 4.69) is 32.1 Å². The Morgan fingerprint density at radius 3 is 2.86 bits per heavy atom. The van der Waals surface area contributed by atoms with E-state index in [1.165, 1.54) is 18.6 Å². The van der Waals surface area contributed by atoms with Gasteiger partial charge in [-0.2, -0.15) is 26.7 Å². The monoisotopic (exact) mass is 310 g/mol. The van der Waals surface area contributed by atoms with Crippen molar-refractivity contribution in [1.82, 2.24) is 15.0 Å². The lowest BCUT2D eigenvalue weighted by Gasteiger charge is -2.27. The molecule has 2 aliphatic rings. The van der Waals surface area contributed by atoms with Crippen LogP contribution in [0, 0.1) is 0 Å². The molecule has 0 aromatic carbocycles. The molecule has 0 bridgehead atoms. The minimum absolute atomic E-state index is 0.262. The highest BCUT2D eigenvalue weighted by Crippen LogP contribution is 2.37. The van der Waals surface area contributed by atoms with Crippen molar-refractivity contribution in [3.05, 3.63) is 0 Å². The fraction of sp³-hybridized carbons (Fsp3) is 0.769. The Morgan fingerprint density at radius 2 is 2.14 bits per heavy atom. The van der Waals surface area contributed by atoms with Gasteiger partial charge in [-0.1, -0.05) is 0 Å². The first-order valence-electron chi connectivity index (χ1n) is 7.37. The Labute approximate surface area is 129 Å². The maximum atomic E-state index is 5.82. The first-order chi connectivity index (χ1) is 10.1. The molecular formula is C13H22N6OS. The molecule has 1 unspecified atom stereocenters. The third kappa shape index (κ3) is 3.68. The van der Waals surface area contributed by atoms with Crippen molar-refractivity contribution < 1.29 is 4.74 Å². The van der Waals surface area contributed by atoms with Gasteiger partial charge in [0.05, 0.1) is 13.2 Å². The Kier molecular flexibility index (Phi) is 4.34. The molecule has 0 aliphatic carbocycles. The normalized spacial score (nSPS) is 26.0. The second-order valence-corrected chi connectivity index (χ2v) is 7.35. The quantitative estimate of drug-likeness (QED) is 0.851. The molecule has 3 rings (SSSR count). The van der Waals surface area contributed by atoms with Gasteiger partial charge in [-0.25, -0.2) is 0 Å². The van der Waals surface area contributed by atoms with Gasteiger partial charge < -0.3 is 20.7 Å². The molecule has 1 aromatic rings. The first kappa shape index (κ1) is 14.6. The zero-order chi connectivity index (χ0) is 14.7. The summed E-state index contributed by atoms with van der Waals surface area (Å²) in [6.07, 6.45) is 2.50. The molecule has 2 saturated heterocycles. The number of nitrogens with zero attached hydrogens (tertiary/aromatic N) is 4. The minimum atomic E-state index is 0.262. The van der Waals surface area contributed by atoms with Crippen LogP contribution in [0.5, 0.6) is 0 Å². The molecule has 0 saturated carbocycles. The highest BCUT2D eigenvalue weighted by atomic mass is 32.2. The van der Waals surface area contributed by atoms with Crippen molar-refractivity contribution in [2.45, 2.75) is 24.5 Å². The topological polar surface area (TPSA) is 89.2 Å². The fourth-order valence-corrected chi connectivity index (χ4v) is 3.85. The van der Waals surface area contributed by atoms with Gasteiger partial charge in [-0.3, -0.25) is 0 Å². The molecule has 21 heavy (non-hydrogen) atoms. The van der Waals surface area contributed by atoms with E-state index in [0.717, 1.165) is 19.6 Å². The van der Waals surface area contributed by atoms with Crippen molar-refractivity contribution in [3.63, 3.8) is 0 Å². The SMILES string of the molecule is CC1(CNc2nc(N)nc(N3CCOCC3)n2)CCCS1. The van der Waals surface area contributed by atoms with Crippen LogP contribution in [0.1, 0.15) is 19.8 Å². The van der Waals surface area contributed by atoms with Gasteiger partial charge in [0.25, 0.3) is 0 Å². The van der Waals surface area contributed by atoms with E-state index in [4.69, 9.17) is 10.5 Å². The van der Waals surface area contributed by atoms with Crippen LogP contribution in [-0.2, 0) is 4.74 Å². The molecule has 2 aliphatic heterocycles. The Morgan fingerprint density at radius 1 is 1.33 bits per heavy atom. The fourth-order valence-electron chi connectivity index (χ4n) is 2.61. The average molecular weight is 310 g/mol. The van der Waals surface area contributed by atoms with E-state index in [1.54, 1.807) is 0 Å². The molecule has 3 N–H and O–H groups in total. The zero-order valence-corrected chi connectivity index (χ0v) is 13.2. The third-order valence-electron chi connectivity index (χ3n) is 3.86. The molecule has 8 heteroatoms. The van der Waals surface area contributed by atoms with Crippen molar-refractivity contribution in [1.29, 1.82) is 0 Å². The van der Waals surface area contributed by atoms with Crippen LogP contribution >= 0.6 is 11.8 Å². The number of rotatable bonds is 4. The maximum Gasteiger partial charge on any atom is 0.232 e. The Hall–Kier alpha value is -1.28. The number of hydrogen-bond acceptors (Lipinski definition) is 8. The van der Waals surface area contributed by atoms with Gasteiger partial charge >= 0.3 is 0 Å². The maximum absolute atomic E-state index is 5.82. The lowest BCUT2D eigenvalue weighted by Crippen LogP contribution is -2.37. The summed E-state index contributed by atoms with van der Waals surface area (Å²) in [7, 11) is 0. The second-order valence-electron chi connectivity index (χ2n) is 5.67. The molecule has 7 nitrogen and oxygen atoms in total. The number of morpholine rings is 1. The Bertz CT molecular complexity index is 488. The molecule has 3 heterocycles. The van der Waals surface area contributed by atoms with Gasteiger partial charge in [0.1, 0.15) is 0 Å². The van der Waals surface area contributed by atoms with E-state index in [0.29, 0.717) is 25.1 Å². The number of anilines is 3. The van der Waals surface area contributed by atoms with Gasteiger partial charge in [-0.05, 0) is 25.5 Å². The minimum Gasteiger partial charge on any atom is -0.378 e. The van der Waals surface area contributed by atoms with Crippen molar-refractivity contribution in [2.75, 3.05) is 54.6 Å². The molecule has 0 amide bonds. The molecule has 1 atom stereocenters. The largest absolute Gasteiger partial charge is 0.378 e. The highest BCUT2D eigenvalue weighted by molar-refractivity contribution is 8.00. The van der Waals surface area contributed by atoms with Crippen LogP contribution in [0.2, 0.25) is 0 Å². The van der Waals surface area contributed by atoms with E-state index in [9.17, 15) is 0 Å². The smallest absolute Gasteiger partial charge is 0.232 e. The van der Waals surface area contributed by atoms with Crippen LogP contribution in [0.4, 0.5) is 17.8 Å². The van der Waals surface area contributed by atoms with Gasteiger partial charge in [0.15, 0.2) is 0 Å². The number of nitrogens with two attached hydrogens (primary N) is 1. The van der Waals surface area contributed by atoms with Gasteiger partial charge in [-0.15, -0.1) is 0 Å². The first-order valence-corrected chi connectivity index (χ1v) is 8.35. The third-order valence-corrected chi connectivity index (χ3v) is 5.39. The summed E-state index contributed by atoms with van der Waals surface area (Å²) < 4.78 is 5.61. The van der Waals surface area contributed by atoms with Crippen molar-refractivity contribution in [3.8, 4) is 0 Å². The number of nitrogens with one attached hydrogen (secondary N) is 1. The predicted molar refractivity (Wildman–Crippen MR) is 85.9 cm³/mol. The summed E-state index contributed by atoms with van der Waals surface area (Å²) in [6, 6.07) is 0. The van der Waals surface area contributed by atoms with E-state index in [1.807, 2.05) is 11.8 Å². The summed E-state index contributed by atoms with van der Waals surface area (Å²) in [5, 5.41) is 3.33. The van der Waals surface area contributed by atoms with Crippen molar-refractivity contribution >= 4 is 29.6 Å². The van der Waals surface area contributed by atoms with E-state index in [-0.39, 0.29) is 10.7 Å². The second kappa shape index (κ2) is 6.23. The molecule has 0 spiro atoms. The number of hydrogen-bond donors (Lipinski definition) is 2. The summed E-state index contributed by atoms with van der Waals surface area (Å²) in [6.45, 7) is 6.10. The van der Waals surface area contributed by atoms with Crippen molar-refractivity contribution in [2.24, 2.45) is 0 Å². The molecular weight excluding hydrogens is 288 g/mol. The molecule has 2 fully saturated rings. The number of thioether (sulfide) groups is 1. The number of nitrogen functional groups attached to an aromatic ring is 1. The summed E-state index contributed by atoms with van der Waals surface area (Å²) >= 11 is 2.01. The highest BCUT2D eigenvalue weighted by Gasteiger charge is 2.29. The van der Waals surface area contributed by atoms with Crippen LogP contribution < -0.4 is 16.0 Å². The lowest BCUT2D eigenvalue weighted by molar-refractivity contribution is 0.122. The molecule has 1 aromatic heterocycles. The predicted octanol–water partition coefficient (Wildman–Crippen LogP) is 0.988. The Balaban J connectivity index is 1.68. The van der Waals surface area contributed by atoms with Crippen LogP contribution in [0.3, 0.4) is 0 Å². The summed E-state index contributed by atoms with van der Waals surface area (Å²) in [4.78, 5) is 15.0. The van der Waals surface area contributed by atoms with Crippen LogP contribution in [0.25, 0.3) is 0 Å². The zero-order valence-electron chi connectivity index (χ0n) is 12.3. The standard InChI is InChI=1S/C13H22N6OS/c1-13(3-2-8-21-13)9-15-11-16-10(14)17-12(18-11)19-4-6-20-7-5-19/h2-9H2,1H3,(H3,14,15,16,17,18). The number of ether oxygens (including phenoxy) is 1. The van der Waals surface area contributed by atoms with Crippen LogP contribution in [0.15, 0.2) is 0 Å². The van der Waals surface area contributed by atoms with Crippen LogP contribution in [-0.4, -0.2) is 58.3 Å². The van der Waals surface area contributed by atoms with Gasteiger partial charge in [0, 0.05) is 24.4 Å². The molecule has 116 valence electrons. The van der Waals surface area contributed by atoms with Gasteiger partial charge in [0.2, 0.25) is 17.8 Å². The number of aromatic nitrogens is 3. The lowest BCUT2D eigenvalue weighted by atomic mass is 10.1. The molecule has 0 radical (unpaired) electrons. The average Bonchev–Trinajstić information content (AvgIpc) is 2.93.